The van der Waals surface area contributed by atoms with Crippen molar-refractivity contribution in [1.82, 2.24) is 29.5 Å². The molecular formula is C16H22N6O. The Hall–Kier alpha value is -2.12. The molecule has 1 aliphatic rings. The number of hydrogen-bond donors (Lipinski definition) is 0. The highest BCUT2D eigenvalue weighted by molar-refractivity contribution is 5.04. The van der Waals surface area contributed by atoms with Crippen LogP contribution in [0.25, 0.3) is 0 Å². The smallest absolute Gasteiger partial charge is 0.266 e. The third kappa shape index (κ3) is 4.43. The maximum absolute atomic E-state index is 11.6. The number of aryl methyl sites for hydroxylation is 1. The van der Waals surface area contributed by atoms with Gasteiger partial charge in [-0.25, -0.2) is 14.6 Å². The normalized spacial score (nSPS) is 16.6. The van der Waals surface area contributed by atoms with Crippen molar-refractivity contribution in [2.75, 3.05) is 32.7 Å². The Kier molecular flexibility index (Phi) is 5.09. The lowest BCUT2D eigenvalue weighted by Gasteiger charge is -2.34. The Morgan fingerprint density at radius 3 is 2.43 bits per heavy atom. The Morgan fingerprint density at radius 2 is 1.74 bits per heavy atom. The number of piperazine rings is 1. The minimum absolute atomic E-state index is 0.0366. The van der Waals surface area contributed by atoms with Gasteiger partial charge in [0, 0.05) is 69.5 Å². The van der Waals surface area contributed by atoms with Crippen molar-refractivity contribution in [1.29, 1.82) is 0 Å². The monoisotopic (exact) mass is 314 g/mol. The van der Waals surface area contributed by atoms with Crippen LogP contribution in [0.4, 0.5) is 0 Å². The van der Waals surface area contributed by atoms with Gasteiger partial charge in [0.15, 0.2) is 0 Å². The molecule has 0 radical (unpaired) electrons. The summed E-state index contributed by atoms with van der Waals surface area (Å²) in [6, 6.07) is 3.22. The summed E-state index contributed by atoms with van der Waals surface area (Å²) >= 11 is 0. The third-order valence-electron chi connectivity index (χ3n) is 4.12. The van der Waals surface area contributed by atoms with Crippen LogP contribution in [0.5, 0.6) is 0 Å². The number of nitrogens with zero attached hydrogens (tertiary/aromatic N) is 6. The summed E-state index contributed by atoms with van der Waals surface area (Å²) in [6.45, 7) is 8.35. The zero-order valence-corrected chi connectivity index (χ0v) is 13.4. The van der Waals surface area contributed by atoms with Gasteiger partial charge in [0.25, 0.3) is 5.56 Å². The molecule has 0 spiro atoms. The van der Waals surface area contributed by atoms with Crippen molar-refractivity contribution >= 4 is 0 Å². The standard InChI is InChI=1S/C16H22N6O/c1-14-17-11-15(12-18-14)13-21-7-5-20(6-8-21)9-10-22-16(23)3-2-4-19-22/h2-4,11-12H,5-10,13H2,1H3. The summed E-state index contributed by atoms with van der Waals surface area (Å²) in [5, 5.41) is 4.09. The molecule has 7 nitrogen and oxygen atoms in total. The number of aromatic nitrogens is 4. The predicted octanol–water partition coefficient (Wildman–Crippen LogP) is 0.160. The first-order valence-corrected chi connectivity index (χ1v) is 7.95. The summed E-state index contributed by atoms with van der Waals surface area (Å²) in [4.78, 5) is 24.9. The van der Waals surface area contributed by atoms with Gasteiger partial charge in [0.05, 0.1) is 6.54 Å². The molecule has 0 amide bonds. The molecule has 2 aromatic heterocycles. The molecule has 3 heterocycles. The van der Waals surface area contributed by atoms with E-state index in [2.05, 4.69) is 24.9 Å². The molecule has 0 N–H and O–H groups in total. The van der Waals surface area contributed by atoms with Gasteiger partial charge in [-0.05, 0) is 13.0 Å². The second-order valence-corrected chi connectivity index (χ2v) is 5.84. The summed E-state index contributed by atoms with van der Waals surface area (Å²) in [5.74, 6) is 0.809. The fraction of sp³-hybridized carbons (Fsp3) is 0.500. The van der Waals surface area contributed by atoms with Gasteiger partial charge in [0.1, 0.15) is 5.82 Å². The zero-order chi connectivity index (χ0) is 16.1. The van der Waals surface area contributed by atoms with E-state index < -0.39 is 0 Å². The first-order chi connectivity index (χ1) is 11.2. The highest BCUT2D eigenvalue weighted by Gasteiger charge is 2.17. The van der Waals surface area contributed by atoms with Gasteiger partial charge in [-0.3, -0.25) is 14.6 Å². The topological polar surface area (TPSA) is 67.2 Å². The van der Waals surface area contributed by atoms with Crippen molar-refractivity contribution in [2.24, 2.45) is 0 Å². The summed E-state index contributed by atoms with van der Waals surface area (Å²) in [7, 11) is 0. The minimum Gasteiger partial charge on any atom is -0.299 e. The van der Waals surface area contributed by atoms with E-state index in [0.29, 0.717) is 6.54 Å². The first kappa shape index (κ1) is 15.8. The third-order valence-corrected chi connectivity index (χ3v) is 4.12. The molecule has 0 bridgehead atoms. The lowest BCUT2D eigenvalue weighted by molar-refractivity contribution is 0.122. The molecule has 0 unspecified atom stereocenters. The largest absolute Gasteiger partial charge is 0.299 e. The van der Waals surface area contributed by atoms with E-state index in [1.165, 1.54) is 4.68 Å². The molecule has 0 atom stereocenters. The fourth-order valence-corrected chi connectivity index (χ4v) is 2.72. The van der Waals surface area contributed by atoms with E-state index >= 15 is 0 Å². The van der Waals surface area contributed by atoms with E-state index in [0.717, 1.165) is 50.7 Å². The fourth-order valence-electron chi connectivity index (χ4n) is 2.72. The van der Waals surface area contributed by atoms with Crippen LogP contribution in [0.1, 0.15) is 11.4 Å². The van der Waals surface area contributed by atoms with Crippen LogP contribution in [0.15, 0.2) is 35.5 Å². The van der Waals surface area contributed by atoms with Gasteiger partial charge in [-0.15, -0.1) is 0 Å². The van der Waals surface area contributed by atoms with Crippen LogP contribution in [0.2, 0.25) is 0 Å². The second-order valence-electron chi connectivity index (χ2n) is 5.84. The lowest BCUT2D eigenvalue weighted by Crippen LogP contribution is -2.47. The maximum Gasteiger partial charge on any atom is 0.266 e. The van der Waals surface area contributed by atoms with Gasteiger partial charge in [-0.2, -0.15) is 5.10 Å². The van der Waals surface area contributed by atoms with E-state index in [1.807, 2.05) is 19.3 Å². The van der Waals surface area contributed by atoms with Crippen molar-refractivity contribution in [3.05, 3.63) is 52.5 Å². The summed E-state index contributed by atoms with van der Waals surface area (Å²) < 4.78 is 1.52. The minimum atomic E-state index is -0.0366. The van der Waals surface area contributed by atoms with Crippen LogP contribution >= 0.6 is 0 Å². The Balaban J connectivity index is 1.44. The van der Waals surface area contributed by atoms with Crippen molar-refractivity contribution in [3.63, 3.8) is 0 Å². The highest BCUT2D eigenvalue weighted by Crippen LogP contribution is 2.07. The van der Waals surface area contributed by atoms with E-state index in [4.69, 9.17) is 0 Å². The Bertz CT molecular complexity index is 675. The number of rotatable bonds is 5. The van der Waals surface area contributed by atoms with Crippen molar-refractivity contribution in [3.8, 4) is 0 Å². The maximum atomic E-state index is 11.6. The first-order valence-electron chi connectivity index (χ1n) is 7.95. The number of hydrogen-bond acceptors (Lipinski definition) is 6. The van der Waals surface area contributed by atoms with Gasteiger partial charge >= 0.3 is 0 Å². The van der Waals surface area contributed by atoms with Crippen LogP contribution in [-0.2, 0) is 13.1 Å². The van der Waals surface area contributed by atoms with Crippen LogP contribution < -0.4 is 5.56 Å². The lowest BCUT2D eigenvalue weighted by atomic mass is 10.2. The average Bonchev–Trinajstić information content (AvgIpc) is 2.58. The molecule has 23 heavy (non-hydrogen) atoms. The predicted molar refractivity (Wildman–Crippen MR) is 87.0 cm³/mol. The molecule has 0 saturated carbocycles. The molecule has 1 fully saturated rings. The van der Waals surface area contributed by atoms with Crippen molar-refractivity contribution in [2.45, 2.75) is 20.0 Å². The Labute approximate surface area is 135 Å². The SMILES string of the molecule is Cc1ncc(CN2CCN(CCn3ncccc3=O)CC2)cn1. The van der Waals surface area contributed by atoms with Crippen molar-refractivity contribution < 1.29 is 0 Å². The van der Waals surface area contributed by atoms with E-state index in [1.54, 1.807) is 18.3 Å². The molecule has 7 heteroatoms. The Morgan fingerprint density at radius 1 is 1.04 bits per heavy atom. The molecule has 122 valence electrons. The van der Waals surface area contributed by atoms with Gasteiger partial charge in [0.2, 0.25) is 0 Å². The summed E-state index contributed by atoms with van der Waals surface area (Å²) in [6.07, 6.45) is 5.47. The molecule has 0 aliphatic carbocycles. The molecule has 3 rings (SSSR count). The molecule has 0 aromatic carbocycles. The molecule has 1 saturated heterocycles. The van der Waals surface area contributed by atoms with Crippen LogP contribution in [0.3, 0.4) is 0 Å². The average molecular weight is 314 g/mol. The van der Waals surface area contributed by atoms with Gasteiger partial charge in [-0.1, -0.05) is 0 Å². The highest BCUT2D eigenvalue weighted by atomic mass is 16.1. The van der Waals surface area contributed by atoms with Gasteiger partial charge < -0.3 is 0 Å². The quantitative estimate of drug-likeness (QED) is 0.783. The van der Waals surface area contributed by atoms with E-state index in [-0.39, 0.29) is 5.56 Å². The van der Waals surface area contributed by atoms with E-state index in [9.17, 15) is 4.79 Å². The molecule has 2 aromatic rings. The molecular weight excluding hydrogens is 292 g/mol. The summed E-state index contributed by atoms with van der Waals surface area (Å²) in [5.41, 5.74) is 1.12. The van der Waals surface area contributed by atoms with Crippen LogP contribution in [0, 0.1) is 6.92 Å². The second kappa shape index (κ2) is 7.43. The van der Waals surface area contributed by atoms with Crippen LogP contribution in [-0.4, -0.2) is 62.3 Å². The molecule has 1 aliphatic heterocycles. The zero-order valence-electron chi connectivity index (χ0n) is 13.4.